The van der Waals surface area contributed by atoms with Gasteiger partial charge in [-0.25, -0.2) is 4.79 Å². The van der Waals surface area contributed by atoms with E-state index in [2.05, 4.69) is 21.3 Å². The molecule has 0 unspecified atom stereocenters. The molecule has 0 radical (unpaired) electrons. The van der Waals surface area contributed by atoms with Crippen LogP contribution in [0.4, 0.5) is 10.5 Å². The lowest BCUT2D eigenvalue weighted by Gasteiger charge is -2.34. The van der Waals surface area contributed by atoms with E-state index >= 15 is 0 Å². The predicted molar refractivity (Wildman–Crippen MR) is 96.3 cm³/mol. The zero-order valence-electron chi connectivity index (χ0n) is 13.7. The van der Waals surface area contributed by atoms with Crippen LogP contribution in [0.15, 0.2) is 42.7 Å². The molecule has 0 saturated carbocycles. The molecule has 1 saturated heterocycles. The number of hydrogen-bond acceptors (Lipinski definition) is 3. The van der Waals surface area contributed by atoms with Gasteiger partial charge in [-0.3, -0.25) is 9.88 Å². The maximum atomic E-state index is 12.4. The number of aromatic nitrogens is 1. The number of amides is 2. The van der Waals surface area contributed by atoms with E-state index in [0.29, 0.717) is 18.1 Å². The van der Waals surface area contributed by atoms with Crippen molar-refractivity contribution in [2.24, 2.45) is 0 Å². The fraction of sp³-hybridized carbons (Fsp3) is 0.333. The lowest BCUT2D eigenvalue weighted by Crippen LogP contribution is -2.49. The number of nitrogens with one attached hydrogen (secondary N) is 1. The fourth-order valence-corrected chi connectivity index (χ4v) is 2.97. The van der Waals surface area contributed by atoms with Crippen molar-refractivity contribution in [1.82, 2.24) is 14.8 Å². The minimum atomic E-state index is -0.0682. The predicted octanol–water partition coefficient (Wildman–Crippen LogP) is 3.39. The number of hydrogen-bond donors (Lipinski definition) is 1. The Morgan fingerprint density at radius 1 is 1.21 bits per heavy atom. The molecule has 1 aromatic carbocycles. The Labute approximate surface area is 147 Å². The van der Waals surface area contributed by atoms with Crippen molar-refractivity contribution < 1.29 is 4.79 Å². The van der Waals surface area contributed by atoms with Gasteiger partial charge in [-0.05, 0) is 36.2 Å². The van der Waals surface area contributed by atoms with Gasteiger partial charge in [-0.1, -0.05) is 23.7 Å². The standard InChI is InChI=1S/C18H21ClN4O/c1-14-16(19)5-2-6-17(14)21-18(24)23-10-8-22(9-11-23)13-15-4-3-7-20-12-15/h2-7,12H,8-11,13H2,1H3,(H,21,24). The smallest absolute Gasteiger partial charge is 0.321 e. The monoisotopic (exact) mass is 344 g/mol. The molecule has 2 heterocycles. The number of urea groups is 1. The minimum Gasteiger partial charge on any atom is -0.322 e. The quantitative estimate of drug-likeness (QED) is 0.928. The van der Waals surface area contributed by atoms with E-state index in [1.165, 1.54) is 5.56 Å². The zero-order chi connectivity index (χ0) is 16.9. The van der Waals surface area contributed by atoms with E-state index in [-0.39, 0.29) is 6.03 Å². The molecule has 2 aromatic rings. The van der Waals surface area contributed by atoms with E-state index in [4.69, 9.17) is 11.6 Å². The summed E-state index contributed by atoms with van der Waals surface area (Å²) in [5.41, 5.74) is 2.86. The number of benzene rings is 1. The minimum absolute atomic E-state index is 0.0682. The van der Waals surface area contributed by atoms with Crippen molar-refractivity contribution >= 4 is 23.3 Å². The fourth-order valence-electron chi connectivity index (χ4n) is 2.80. The van der Waals surface area contributed by atoms with Crippen molar-refractivity contribution in [3.05, 3.63) is 58.9 Å². The summed E-state index contributed by atoms with van der Waals surface area (Å²) < 4.78 is 0. The molecular formula is C18H21ClN4O. The first-order chi connectivity index (χ1) is 11.6. The zero-order valence-corrected chi connectivity index (χ0v) is 14.5. The summed E-state index contributed by atoms with van der Waals surface area (Å²) in [6.07, 6.45) is 3.67. The highest BCUT2D eigenvalue weighted by Crippen LogP contribution is 2.23. The van der Waals surface area contributed by atoms with Crippen molar-refractivity contribution in [3.63, 3.8) is 0 Å². The van der Waals surface area contributed by atoms with Gasteiger partial charge in [0.25, 0.3) is 0 Å². The van der Waals surface area contributed by atoms with E-state index in [1.54, 1.807) is 6.20 Å². The van der Waals surface area contributed by atoms with Gasteiger partial charge in [-0.15, -0.1) is 0 Å². The number of nitrogens with zero attached hydrogens (tertiary/aromatic N) is 3. The van der Waals surface area contributed by atoms with Crippen LogP contribution in [0.2, 0.25) is 5.02 Å². The molecule has 3 rings (SSSR count). The molecule has 1 N–H and O–H groups in total. The molecule has 0 spiro atoms. The van der Waals surface area contributed by atoms with Crippen LogP contribution in [0.25, 0.3) is 0 Å². The van der Waals surface area contributed by atoms with Crippen LogP contribution >= 0.6 is 11.6 Å². The first kappa shape index (κ1) is 16.7. The molecule has 6 heteroatoms. The van der Waals surface area contributed by atoms with Gasteiger partial charge in [0.15, 0.2) is 0 Å². The van der Waals surface area contributed by atoms with Crippen LogP contribution in [-0.4, -0.2) is 47.0 Å². The van der Waals surface area contributed by atoms with Crippen LogP contribution in [0.1, 0.15) is 11.1 Å². The summed E-state index contributed by atoms with van der Waals surface area (Å²) in [7, 11) is 0. The number of carbonyl (C=O) groups excluding carboxylic acids is 1. The topological polar surface area (TPSA) is 48.5 Å². The molecule has 5 nitrogen and oxygen atoms in total. The van der Waals surface area contributed by atoms with Gasteiger partial charge in [0.05, 0.1) is 0 Å². The summed E-state index contributed by atoms with van der Waals surface area (Å²) in [6, 6.07) is 9.50. The van der Waals surface area contributed by atoms with Crippen LogP contribution in [0, 0.1) is 6.92 Å². The van der Waals surface area contributed by atoms with Gasteiger partial charge < -0.3 is 10.2 Å². The largest absolute Gasteiger partial charge is 0.322 e. The third-order valence-electron chi connectivity index (χ3n) is 4.30. The molecule has 1 aliphatic rings. The Kier molecular flexibility index (Phi) is 5.33. The van der Waals surface area contributed by atoms with Gasteiger partial charge in [-0.2, -0.15) is 0 Å². The molecule has 2 amide bonds. The van der Waals surface area contributed by atoms with Crippen LogP contribution in [0.5, 0.6) is 0 Å². The second kappa shape index (κ2) is 7.64. The summed E-state index contributed by atoms with van der Waals surface area (Å²) in [5, 5.41) is 3.62. The molecule has 0 aliphatic carbocycles. The molecule has 126 valence electrons. The van der Waals surface area contributed by atoms with Crippen molar-refractivity contribution in [3.8, 4) is 0 Å². The maximum Gasteiger partial charge on any atom is 0.321 e. The first-order valence-electron chi connectivity index (χ1n) is 8.06. The highest BCUT2D eigenvalue weighted by Gasteiger charge is 2.21. The SMILES string of the molecule is Cc1c(Cl)cccc1NC(=O)N1CCN(Cc2cccnc2)CC1. The first-order valence-corrected chi connectivity index (χ1v) is 8.43. The molecular weight excluding hydrogens is 324 g/mol. The molecule has 24 heavy (non-hydrogen) atoms. The van der Waals surface area contributed by atoms with E-state index < -0.39 is 0 Å². The van der Waals surface area contributed by atoms with Crippen LogP contribution in [-0.2, 0) is 6.54 Å². The average Bonchev–Trinajstić information content (AvgIpc) is 2.60. The Morgan fingerprint density at radius 2 is 2.00 bits per heavy atom. The number of piperazine rings is 1. The summed E-state index contributed by atoms with van der Waals surface area (Å²) in [6.45, 7) is 5.92. The third-order valence-corrected chi connectivity index (χ3v) is 4.71. The van der Waals surface area contributed by atoms with Crippen LogP contribution < -0.4 is 5.32 Å². The van der Waals surface area contributed by atoms with E-state index in [9.17, 15) is 4.79 Å². The molecule has 1 aliphatic heterocycles. The Morgan fingerprint density at radius 3 is 2.71 bits per heavy atom. The van der Waals surface area contributed by atoms with Gasteiger partial charge >= 0.3 is 6.03 Å². The Hall–Kier alpha value is -2.11. The van der Waals surface area contributed by atoms with Crippen LogP contribution in [0.3, 0.4) is 0 Å². The molecule has 1 aromatic heterocycles. The van der Waals surface area contributed by atoms with Crippen molar-refractivity contribution in [2.75, 3.05) is 31.5 Å². The Balaban J connectivity index is 1.52. The summed E-state index contributed by atoms with van der Waals surface area (Å²) in [5.74, 6) is 0. The maximum absolute atomic E-state index is 12.4. The summed E-state index contributed by atoms with van der Waals surface area (Å²) in [4.78, 5) is 20.8. The lowest BCUT2D eigenvalue weighted by molar-refractivity contribution is 0.143. The highest BCUT2D eigenvalue weighted by molar-refractivity contribution is 6.31. The van der Waals surface area contributed by atoms with Crippen molar-refractivity contribution in [2.45, 2.75) is 13.5 Å². The number of carbonyl (C=O) groups is 1. The number of pyridine rings is 1. The number of halogens is 1. The Bertz CT molecular complexity index is 699. The normalized spacial score (nSPS) is 15.3. The third kappa shape index (κ3) is 4.04. The number of anilines is 1. The molecule has 0 bridgehead atoms. The highest BCUT2D eigenvalue weighted by atomic mass is 35.5. The second-order valence-corrected chi connectivity index (χ2v) is 6.37. The van der Waals surface area contributed by atoms with E-state index in [1.807, 2.05) is 42.3 Å². The molecule has 1 fully saturated rings. The van der Waals surface area contributed by atoms with Crippen molar-refractivity contribution in [1.29, 1.82) is 0 Å². The molecule has 0 atom stereocenters. The van der Waals surface area contributed by atoms with Gasteiger partial charge in [0.1, 0.15) is 0 Å². The van der Waals surface area contributed by atoms with Gasteiger partial charge in [0, 0.05) is 55.8 Å². The van der Waals surface area contributed by atoms with E-state index in [0.717, 1.165) is 30.9 Å². The van der Waals surface area contributed by atoms with Gasteiger partial charge in [0.2, 0.25) is 0 Å². The second-order valence-electron chi connectivity index (χ2n) is 5.97. The summed E-state index contributed by atoms with van der Waals surface area (Å²) >= 11 is 6.10. The average molecular weight is 345 g/mol. The number of rotatable bonds is 3. The lowest BCUT2D eigenvalue weighted by atomic mass is 10.2.